The van der Waals surface area contributed by atoms with Gasteiger partial charge in [0.05, 0.1) is 11.3 Å². The molecule has 0 amide bonds. The second-order valence-electron chi connectivity index (χ2n) is 4.88. The highest BCUT2D eigenvalue weighted by molar-refractivity contribution is 5.80. The molecule has 88 valence electrons. The van der Waals surface area contributed by atoms with Crippen molar-refractivity contribution in [2.45, 2.75) is 27.7 Å². The van der Waals surface area contributed by atoms with Gasteiger partial charge in [-0.05, 0) is 13.0 Å². The third-order valence-electron chi connectivity index (χ3n) is 2.21. The summed E-state index contributed by atoms with van der Waals surface area (Å²) >= 11 is 0. The van der Waals surface area contributed by atoms with Crippen molar-refractivity contribution in [1.29, 1.82) is 5.26 Å². The van der Waals surface area contributed by atoms with E-state index in [0.717, 1.165) is 11.5 Å². The van der Waals surface area contributed by atoms with Crippen LogP contribution in [-0.4, -0.2) is 24.8 Å². The maximum absolute atomic E-state index is 9.05. The van der Waals surface area contributed by atoms with Crippen LogP contribution in [-0.2, 0) is 0 Å². The molecule has 0 bridgehead atoms. The molecule has 0 aromatic heterocycles. The second-order valence-corrected chi connectivity index (χ2v) is 4.88. The maximum Gasteiger partial charge on any atom is 0.101 e. The van der Waals surface area contributed by atoms with Gasteiger partial charge in [-0.15, -0.1) is 0 Å². The molecule has 0 heterocycles. The van der Waals surface area contributed by atoms with E-state index in [2.05, 4.69) is 17.6 Å². The fourth-order valence-electron chi connectivity index (χ4n) is 1.09. The van der Waals surface area contributed by atoms with Crippen molar-refractivity contribution in [3.05, 3.63) is 23.9 Å². The number of hydrogen-bond acceptors (Lipinski definition) is 2. The molecular weight excluding hydrogens is 198 g/mol. The van der Waals surface area contributed by atoms with Crippen LogP contribution < -0.4 is 0 Å². The molecule has 0 spiro atoms. The molecule has 0 saturated carbocycles. The van der Waals surface area contributed by atoms with Crippen LogP contribution in [0.3, 0.4) is 0 Å². The first kappa shape index (κ1) is 14.4. The Hall–Kier alpha value is -1.56. The van der Waals surface area contributed by atoms with Gasteiger partial charge in [-0.3, -0.25) is 0 Å². The Morgan fingerprint density at radius 2 is 1.88 bits per heavy atom. The Morgan fingerprint density at radius 3 is 2.12 bits per heavy atom. The van der Waals surface area contributed by atoms with Crippen LogP contribution in [0.25, 0.3) is 0 Å². The van der Waals surface area contributed by atoms with E-state index in [1.54, 1.807) is 6.08 Å². The first-order valence-corrected chi connectivity index (χ1v) is 5.24. The van der Waals surface area contributed by atoms with Crippen molar-refractivity contribution >= 4 is 5.84 Å². The zero-order chi connectivity index (χ0) is 12.9. The quantitative estimate of drug-likeness (QED) is 0.310. The summed E-state index contributed by atoms with van der Waals surface area (Å²) in [6.07, 6.45) is 1.56. The summed E-state index contributed by atoms with van der Waals surface area (Å²) in [5.74, 6) is 0.875. The first-order chi connectivity index (χ1) is 7.23. The highest BCUT2D eigenvalue weighted by Crippen LogP contribution is 2.29. The van der Waals surface area contributed by atoms with Crippen LogP contribution in [0, 0.1) is 16.7 Å². The summed E-state index contributed by atoms with van der Waals surface area (Å²) in [7, 11) is 3.86. The average Bonchev–Trinajstić information content (AvgIpc) is 2.16. The molecule has 16 heavy (non-hydrogen) atoms. The van der Waals surface area contributed by atoms with Gasteiger partial charge >= 0.3 is 0 Å². The van der Waals surface area contributed by atoms with Crippen LogP contribution in [0.4, 0.5) is 0 Å². The van der Waals surface area contributed by atoms with E-state index in [9.17, 15) is 0 Å². The minimum atomic E-state index is -0.170. The topological polar surface area (TPSA) is 39.4 Å². The predicted molar refractivity (Wildman–Crippen MR) is 69.1 cm³/mol. The standard InChI is InChI=1S/C13H21N3/c1-8-11(9-14)12(13(3,4)5)15-10(2)16(6)7/h8H,1H2,2-7H3/b12-11+,15-10?. The van der Waals surface area contributed by atoms with E-state index < -0.39 is 0 Å². The number of amidine groups is 1. The minimum Gasteiger partial charge on any atom is -0.366 e. The molecule has 0 rings (SSSR count). The van der Waals surface area contributed by atoms with Gasteiger partial charge < -0.3 is 4.90 Å². The van der Waals surface area contributed by atoms with Crippen LogP contribution in [0.2, 0.25) is 0 Å². The average molecular weight is 219 g/mol. The number of rotatable bonds is 2. The molecule has 0 fully saturated rings. The van der Waals surface area contributed by atoms with Gasteiger partial charge in [0, 0.05) is 19.5 Å². The van der Waals surface area contributed by atoms with E-state index in [1.165, 1.54) is 0 Å². The largest absolute Gasteiger partial charge is 0.366 e. The van der Waals surface area contributed by atoms with E-state index in [1.807, 2.05) is 46.7 Å². The summed E-state index contributed by atoms with van der Waals surface area (Å²) in [5.41, 5.74) is 1.14. The van der Waals surface area contributed by atoms with Gasteiger partial charge in [0.2, 0.25) is 0 Å². The molecule has 3 heteroatoms. The zero-order valence-corrected chi connectivity index (χ0v) is 11.1. The number of nitrogens with zero attached hydrogens (tertiary/aromatic N) is 3. The lowest BCUT2D eigenvalue weighted by molar-refractivity contribution is 0.492. The van der Waals surface area contributed by atoms with E-state index >= 15 is 0 Å². The van der Waals surface area contributed by atoms with Crippen molar-refractivity contribution in [2.24, 2.45) is 10.4 Å². The fourth-order valence-corrected chi connectivity index (χ4v) is 1.09. The first-order valence-electron chi connectivity index (χ1n) is 5.24. The number of aliphatic imine (C=N–C) groups is 1. The van der Waals surface area contributed by atoms with Crippen LogP contribution in [0.1, 0.15) is 27.7 Å². The molecule has 3 nitrogen and oxygen atoms in total. The number of hydrogen-bond donors (Lipinski definition) is 0. The molecule has 0 N–H and O–H groups in total. The lowest BCUT2D eigenvalue weighted by Gasteiger charge is -2.22. The Kier molecular flexibility index (Phi) is 4.97. The number of allylic oxidation sites excluding steroid dienone is 3. The van der Waals surface area contributed by atoms with Crippen LogP contribution >= 0.6 is 0 Å². The lowest BCUT2D eigenvalue weighted by Crippen LogP contribution is -2.21. The van der Waals surface area contributed by atoms with Gasteiger partial charge in [0.25, 0.3) is 0 Å². The normalized spacial score (nSPS) is 13.9. The monoisotopic (exact) mass is 219 g/mol. The molecule has 0 aliphatic rings. The van der Waals surface area contributed by atoms with Gasteiger partial charge in [0.1, 0.15) is 11.9 Å². The number of nitriles is 1. The Morgan fingerprint density at radius 1 is 1.38 bits per heavy atom. The summed E-state index contributed by atoms with van der Waals surface area (Å²) < 4.78 is 0. The molecule has 0 aromatic rings. The fraction of sp³-hybridized carbons (Fsp3) is 0.538. The molecule has 0 aromatic carbocycles. The molecule has 0 atom stereocenters. The summed E-state index contributed by atoms with van der Waals surface area (Å²) in [4.78, 5) is 6.44. The molecule has 0 unspecified atom stereocenters. The Labute approximate surface area is 98.8 Å². The minimum absolute atomic E-state index is 0.170. The summed E-state index contributed by atoms with van der Waals surface area (Å²) in [6, 6.07) is 2.14. The highest BCUT2D eigenvalue weighted by atomic mass is 15.1. The van der Waals surface area contributed by atoms with Gasteiger partial charge in [-0.25, -0.2) is 4.99 Å². The third-order valence-corrected chi connectivity index (χ3v) is 2.21. The predicted octanol–water partition coefficient (Wildman–Crippen LogP) is 2.98. The smallest absolute Gasteiger partial charge is 0.101 e. The molecular formula is C13H21N3. The van der Waals surface area contributed by atoms with Gasteiger partial charge in [-0.1, -0.05) is 27.4 Å². The molecule has 0 aliphatic heterocycles. The molecule has 0 saturated heterocycles. The van der Waals surface area contributed by atoms with Crippen molar-refractivity contribution in [1.82, 2.24) is 4.90 Å². The highest BCUT2D eigenvalue weighted by Gasteiger charge is 2.20. The Bertz CT molecular complexity index is 360. The van der Waals surface area contributed by atoms with Gasteiger partial charge in [0.15, 0.2) is 0 Å². The van der Waals surface area contributed by atoms with Crippen molar-refractivity contribution < 1.29 is 0 Å². The maximum atomic E-state index is 9.05. The van der Waals surface area contributed by atoms with Crippen molar-refractivity contribution in [3.8, 4) is 6.07 Å². The van der Waals surface area contributed by atoms with E-state index in [4.69, 9.17) is 5.26 Å². The SMILES string of the molecule is C=C/C(C#N)=C(\N=C(C)N(C)C)C(C)(C)C. The molecule has 0 aliphatic carbocycles. The van der Waals surface area contributed by atoms with Crippen molar-refractivity contribution in [2.75, 3.05) is 14.1 Å². The lowest BCUT2D eigenvalue weighted by atomic mass is 9.89. The van der Waals surface area contributed by atoms with E-state index in [-0.39, 0.29) is 5.41 Å². The summed E-state index contributed by atoms with van der Waals surface area (Å²) in [6.45, 7) is 11.7. The van der Waals surface area contributed by atoms with Crippen molar-refractivity contribution in [3.63, 3.8) is 0 Å². The van der Waals surface area contributed by atoms with Crippen LogP contribution in [0.5, 0.6) is 0 Å². The Balaban J connectivity index is 5.66. The second kappa shape index (κ2) is 5.50. The van der Waals surface area contributed by atoms with E-state index in [0.29, 0.717) is 5.57 Å². The molecule has 0 radical (unpaired) electrons. The van der Waals surface area contributed by atoms with Crippen LogP contribution in [0.15, 0.2) is 28.9 Å². The summed E-state index contributed by atoms with van der Waals surface area (Å²) in [5, 5.41) is 9.05. The zero-order valence-electron chi connectivity index (χ0n) is 11.1. The third kappa shape index (κ3) is 3.90. The van der Waals surface area contributed by atoms with Gasteiger partial charge in [-0.2, -0.15) is 5.26 Å².